The molecule has 0 radical (unpaired) electrons. The molecular weight excluding hydrogens is 375 g/mol. The SMILES string of the molecule is C[C@@H](NC(=O)C[NH+](C)Cc1ccc2c(c1)OCO2)c1ccc(Cl)cc1Cl. The highest BCUT2D eigenvalue weighted by molar-refractivity contribution is 6.35. The zero-order chi connectivity index (χ0) is 18.7. The highest BCUT2D eigenvalue weighted by atomic mass is 35.5. The van der Waals surface area contributed by atoms with Crippen LogP contribution in [0.15, 0.2) is 36.4 Å². The molecule has 1 unspecified atom stereocenters. The summed E-state index contributed by atoms with van der Waals surface area (Å²) in [5.74, 6) is 1.48. The van der Waals surface area contributed by atoms with Gasteiger partial charge in [-0.3, -0.25) is 4.79 Å². The van der Waals surface area contributed by atoms with E-state index in [9.17, 15) is 4.79 Å². The third kappa shape index (κ3) is 4.61. The summed E-state index contributed by atoms with van der Waals surface area (Å²) in [6.07, 6.45) is 0. The van der Waals surface area contributed by atoms with Crippen molar-refractivity contribution in [2.24, 2.45) is 0 Å². The van der Waals surface area contributed by atoms with Crippen LogP contribution in [-0.4, -0.2) is 26.3 Å². The molecule has 138 valence electrons. The van der Waals surface area contributed by atoms with E-state index in [4.69, 9.17) is 32.7 Å². The molecular formula is C19H21Cl2N2O3+. The van der Waals surface area contributed by atoms with E-state index in [0.717, 1.165) is 27.5 Å². The number of ether oxygens (including phenoxy) is 2. The second-order valence-electron chi connectivity index (χ2n) is 6.45. The Labute approximate surface area is 162 Å². The van der Waals surface area contributed by atoms with Crippen LogP contribution in [0.4, 0.5) is 0 Å². The molecule has 0 bridgehead atoms. The first-order valence-electron chi connectivity index (χ1n) is 8.36. The van der Waals surface area contributed by atoms with Gasteiger partial charge in [0.1, 0.15) is 6.54 Å². The van der Waals surface area contributed by atoms with Gasteiger partial charge >= 0.3 is 0 Å². The standard InChI is InChI=1S/C19H20Cl2N2O3/c1-12(15-5-4-14(20)8-16(15)21)22-19(24)10-23(2)9-13-3-6-17-18(7-13)26-11-25-17/h3-8,12H,9-11H2,1-2H3,(H,22,24)/p+1/t12-/m1/s1. The average molecular weight is 396 g/mol. The van der Waals surface area contributed by atoms with Crippen LogP contribution in [-0.2, 0) is 11.3 Å². The van der Waals surface area contributed by atoms with Crippen LogP contribution in [0.1, 0.15) is 24.1 Å². The zero-order valence-electron chi connectivity index (χ0n) is 14.6. The third-order valence-corrected chi connectivity index (χ3v) is 4.77. The molecule has 2 N–H and O–H groups in total. The van der Waals surface area contributed by atoms with Crippen LogP contribution in [0, 0.1) is 0 Å². The van der Waals surface area contributed by atoms with Gasteiger partial charge in [-0.1, -0.05) is 29.3 Å². The predicted molar refractivity (Wildman–Crippen MR) is 101 cm³/mol. The van der Waals surface area contributed by atoms with Gasteiger partial charge in [-0.2, -0.15) is 0 Å². The minimum Gasteiger partial charge on any atom is -0.454 e. The molecule has 1 amide bonds. The number of nitrogens with one attached hydrogen (secondary N) is 2. The molecule has 2 aromatic rings. The number of benzene rings is 2. The minimum absolute atomic E-state index is 0.0400. The second-order valence-corrected chi connectivity index (χ2v) is 7.30. The number of carbonyl (C=O) groups is 1. The molecule has 0 fully saturated rings. The van der Waals surface area contributed by atoms with Crippen molar-refractivity contribution in [1.82, 2.24) is 5.32 Å². The van der Waals surface area contributed by atoms with Crippen molar-refractivity contribution >= 4 is 29.1 Å². The number of fused-ring (bicyclic) bond motifs is 1. The van der Waals surface area contributed by atoms with Crippen LogP contribution < -0.4 is 19.7 Å². The molecule has 26 heavy (non-hydrogen) atoms. The molecule has 1 heterocycles. The number of hydrogen-bond donors (Lipinski definition) is 2. The van der Waals surface area contributed by atoms with E-state index in [-0.39, 0.29) is 18.7 Å². The number of quaternary nitrogens is 1. The van der Waals surface area contributed by atoms with Crippen molar-refractivity contribution in [3.8, 4) is 11.5 Å². The summed E-state index contributed by atoms with van der Waals surface area (Å²) in [6.45, 7) is 3.22. The molecule has 0 spiro atoms. The summed E-state index contributed by atoms with van der Waals surface area (Å²) in [5.41, 5.74) is 1.94. The molecule has 2 aromatic carbocycles. The summed E-state index contributed by atoms with van der Waals surface area (Å²) < 4.78 is 10.7. The Morgan fingerprint density at radius 1 is 1.19 bits per heavy atom. The van der Waals surface area contributed by atoms with Crippen molar-refractivity contribution < 1.29 is 19.2 Å². The van der Waals surface area contributed by atoms with E-state index in [1.807, 2.05) is 38.2 Å². The van der Waals surface area contributed by atoms with Gasteiger partial charge in [0.05, 0.1) is 13.1 Å². The van der Waals surface area contributed by atoms with E-state index in [1.54, 1.807) is 12.1 Å². The summed E-state index contributed by atoms with van der Waals surface area (Å²) in [6, 6.07) is 10.9. The molecule has 5 nitrogen and oxygen atoms in total. The molecule has 0 saturated carbocycles. The summed E-state index contributed by atoms with van der Waals surface area (Å²) in [5, 5.41) is 4.10. The fourth-order valence-electron chi connectivity index (χ4n) is 2.96. The van der Waals surface area contributed by atoms with Gasteiger partial charge in [0.15, 0.2) is 18.0 Å². The first-order valence-corrected chi connectivity index (χ1v) is 9.12. The lowest BCUT2D eigenvalue weighted by Crippen LogP contribution is -3.08. The Morgan fingerprint density at radius 2 is 1.96 bits per heavy atom. The van der Waals surface area contributed by atoms with Gasteiger partial charge in [-0.05, 0) is 42.8 Å². The Hall–Kier alpha value is -1.95. The lowest BCUT2D eigenvalue weighted by atomic mass is 10.1. The van der Waals surface area contributed by atoms with E-state index >= 15 is 0 Å². The molecule has 0 saturated heterocycles. The Bertz CT molecular complexity index is 813. The van der Waals surface area contributed by atoms with Gasteiger partial charge in [0, 0.05) is 15.6 Å². The minimum atomic E-state index is -0.189. The van der Waals surface area contributed by atoms with E-state index < -0.39 is 0 Å². The number of likely N-dealkylation sites (N-methyl/N-ethyl adjacent to an activating group) is 1. The number of hydrogen-bond acceptors (Lipinski definition) is 3. The van der Waals surface area contributed by atoms with Gasteiger partial charge in [-0.25, -0.2) is 0 Å². The maximum atomic E-state index is 12.3. The summed E-state index contributed by atoms with van der Waals surface area (Å²) in [7, 11) is 1.98. The fraction of sp³-hybridized carbons (Fsp3) is 0.316. The largest absolute Gasteiger partial charge is 0.454 e. The average Bonchev–Trinajstić information content (AvgIpc) is 3.01. The Morgan fingerprint density at radius 3 is 2.73 bits per heavy atom. The first kappa shape index (κ1) is 18.8. The van der Waals surface area contributed by atoms with Gasteiger partial charge in [0.25, 0.3) is 5.91 Å². The van der Waals surface area contributed by atoms with E-state index in [0.29, 0.717) is 23.1 Å². The van der Waals surface area contributed by atoms with Crippen LogP contribution in [0.3, 0.4) is 0 Å². The van der Waals surface area contributed by atoms with Crippen molar-refractivity contribution in [3.63, 3.8) is 0 Å². The topological polar surface area (TPSA) is 52.0 Å². The van der Waals surface area contributed by atoms with Crippen molar-refractivity contribution in [1.29, 1.82) is 0 Å². The monoisotopic (exact) mass is 395 g/mol. The zero-order valence-corrected chi connectivity index (χ0v) is 16.2. The highest BCUT2D eigenvalue weighted by Crippen LogP contribution is 2.32. The van der Waals surface area contributed by atoms with Crippen LogP contribution >= 0.6 is 23.2 Å². The third-order valence-electron chi connectivity index (χ3n) is 4.21. The smallest absolute Gasteiger partial charge is 0.275 e. The fourth-order valence-corrected chi connectivity index (χ4v) is 3.53. The summed E-state index contributed by atoms with van der Waals surface area (Å²) in [4.78, 5) is 13.4. The number of carbonyl (C=O) groups excluding carboxylic acids is 1. The molecule has 0 aromatic heterocycles. The lowest BCUT2D eigenvalue weighted by molar-refractivity contribution is -0.885. The van der Waals surface area contributed by atoms with Crippen molar-refractivity contribution in [2.75, 3.05) is 20.4 Å². The van der Waals surface area contributed by atoms with Gasteiger partial charge in [-0.15, -0.1) is 0 Å². The normalized spacial score (nSPS) is 14.8. The Kier molecular flexibility index (Phi) is 5.91. The van der Waals surface area contributed by atoms with Crippen LogP contribution in [0.25, 0.3) is 0 Å². The predicted octanol–water partition coefficient (Wildman–Crippen LogP) is 2.61. The van der Waals surface area contributed by atoms with Crippen LogP contribution in [0.2, 0.25) is 10.0 Å². The van der Waals surface area contributed by atoms with Crippen molar-refractivity contribution in [3.05, 3.63) is 57.6 Å². The maximum Gasteiger partial charge on any atom is 0.275 e. The quantitative estimate of drug-likeness (QED) is 0.790. The second kappa shape index (κ2) is 8.16. The van der Waals surface area contributed by atoms with E-state index in [1.165, 1.54) is 0 Å². The molecule has 1 aliphatic heterocycles. The van der Waals surface area contributed by atoms with Gasteiger partial charge in [0.2, 0.25) is 6.79 Å². The molecule has 0 aliphatic carbocycles. The van der Waals surface area contributed by atoms with Gasteiger partial charge < -0.3 is 19.7 Å². The van der Waals surface area contributed by atoms with E-state index in [2.05, 4.69) is 5.32 Å². The number of halogens is 2. The van der Waals surface area contributed by atoms with Crippen LogP contribution in [0.5, 0.6) is 11.5 Å². The maximum absolute atomic E-state index is 12.3. The number of amides is 1. The molecule has 2 atom stereocenters. The number of rotatable bonds is 6. The van der Waals surface area contributed by atoms with Crippen molar-refractivity contribution in [2.45, 2.75) is 19.5 Å². The summed E-state index contributed by atoms with van der Waals surface area (Å²) >= 11 is 12.1. The molecule has 7 heteroatoms. The Balaban J connectivity index is 1.54. The highest BCUT2D eigenvalue weighted by Gasteiger charge is 2.18. The first-order chi connectivity index (χ1) is 12.4. The lowest BCUT2D eigenvalue weighted by Gasteiger charge is -2.18. The molecule has 3 rings (SSSR count). The molecule has 1 aliphatic rings.